The van der Waals surface area contributed by atoms with Gasteiger partial charge in [0.05, 0.1) is 12.6 Å². The van der Waals surface area contributed by atoms with Gasteiger partial charge in [-0.1, -0.05) is 43.7 Å². The number of aliphatic hydroxyl groups is 1. The molecule has 1 saturated heterocycles. The maximum Gasteiger partial charge on any atom is 0.208 e. The molecule has 0 unspecified atom stereocenters. The molecule has 2 N–H and O–H groups in total. The molecule has 0 spiro atoms. The molecule has 16 heavy (non-hydrogen) atoms. The molecule has 88 valence electrons. The molecular formula is C13H19NO2. The van der Waals surface area contributed by atoms with E-state index in [1.165, 1.54) is 0 Å². The second-order valence-corrected chi connectivity index (χ2v) is 4.21. The van der Waals surface area contributed by atoms with E-state index in [-0.39, 0.29) is 6.04 Å². The zero-order valence-corrected chi connectivity index (χ0v) is 9.65. The van der Waals surface area contributed by atoms with Crippen LogP contribution in [-0.2, 0) is 10.5 Å². The van der Waals surface area contributed by atoms with Crippen LogP contribution in [0.4, 0.5) is 0 Å². The molecule has 0 aromatic heterocycles. The SMILES string of the molecule is CCC[C@H]1NCCO[C@]1(O)c1ccccc1. The summed E-state index contributed by atoms with van der Waals surface area (Å²) in [6, 6.07) is 9.60. The van der Waals surface area contributed by atoms with Crippen LogP contribution in [-0.4, -0.2) is 24.3 Å². The molecule has 3 heteroatoms. The lowest BCUT2D eigenvalue weighted by atomic mass is 9.93. The van der Waals surface area contributed by atoms with E-state index >= 15 is 0 Å². The summed E-state index contributed by atoms with van der Waals surface area (Å²) < 4.78 is 5.61. The quantitative estimate of drug-likeness (QED) is 0.815. The number of morpholine rings is 1. The van der Waals surface area contributed by atoms with Gasteiger partial charge < -0.3 is 15.2 Å². The number of rotatable bonds is 3. The van der Waals surface area contributed by atoms with Crippen molar-refractivity contribution in [2.45, 2.75) is 31.6 Å². The van der Waals surface area contributed by atoms with Gasteiger partial charge in [0.25, 0.3) is 0 Å². The average Bonchev–Trinajstić information content (AvgIpc) is 2.34. The van der Waals surface area contributed by atoms with Gasteiger partial charge in [0, 0.05) is 12.1 Å². The molecule has 0 radical (unpaired) electrons. The lowest BCUT2D eigenvalue weighted by Crippen LogP contribution is -2.55. The fourth-order valence-electron chi connectivity index (χ4n) is 2.23. The summed E-state index contributed by atoms with van der Waals surface area (Å²) in [6.07, 6.45) is 1.93. The van der Waals surface area contributed by atoms with Crippen molar-refractivity contribution < 1.29 is 9.84 Å². The van der Waals surface area contributed by atoms with E-state index in [0.717, 1.165) is 24.9 Å². The fraction of sp³-hybridized carbons (Fsp3) is 0.538. The molecule has 0 amide bonds. The van der Waals surface area contributed by atoms with E-state index in [1.807, 2.05) is 30.3 Å². The summed E-state index contributed by atoms with van der Waals surface area (Å²) in [4.78, 5) is 0. The van der Waals surface area contributed by atoms with Crippen LogP contribution in [0.3, 0.4) is 0 Å². The van der Waals surface area contributed by atoms with Crippen molar-refractivity contribution in [3.8, 4) is 0 Å². The van der Waals surface area contributed by atoms with Gasteiger partial charge in [0.1, 0.15) is 0 Å². The van der Waals surface area contributed by atoms with E-state index in [9.17, 15) is 5.11 Å². The third-order valence-corrected chi connectivity index (χ3v) is 3.05. The van der Waals surface area contributed by atoms with Crippen molar-refractivity contribution in [3.05, 3.63) is 35.9 Å². The molecule has 1 aromatic rings. The van der Waals surface area contributed by atoms with Gasteiger partial charge in [0.2, 0.25) is 5.79 Å². The minimum absolute atomic E-state index is 0.0198. The Bertz CT molecular complexity index is 326. The van der Waals surface area contributed by atoms with Crippen molar-refractivity contribution in [2.24, 2.45) is 0 Å². The lowest BCUT2D eigenvalue weighted by Gasteiger charge is -2.40. The first kappa shape index (κ1) is 11.6. The van der Waals surface area contributed by atoms with E-state index in [4.69, 9.17) is 4.74 Å². The highest BCUT2D eigenvalue weighted by Gasteiger charge is 2.41. The molecular weight excluding hydrogens is 202 g/mol. The van der Waals surface area contributed by atoms with Gasteiger partial charge in [0.15, 0.2) is 0 Å². The predicted molar refractivity (Wildman–Crippen MR) is 63.0 cm³/mol. The van der Waals surface area contributed by atoms with Gasteiger partial charge in [-0.15, -0.1) is 0 Å². The number of nitrogens with one attached hydrogen (secondary N) is 1. The van der Waals surface area contributed by atoms with E-state index < -0.39 is 5.79 Å². The normalized spacial score (nSPS) is 30.2. The highest BCUT2D eigenvalue weighted by atomic mass is 16.6. The zero-order valence-electron chi connectivity index (χ0n) is 9.65. The molecule has 3 nitrogen and oxygen atoms in total. The Morgan fingerprint density at radius 3 is 2.88 bits per heavy atom. The van der Waals surface area contributed by atoms with Crippen molar-refractivity contribution in [1.29, 1.82) is 0 Å². The first-order valence-electron chi connectivity index (χ1n) is 5.92. The smallest absolute Gasteiger partial charge is 0.208 e. The largest absolute Gasteiger partial charge is 0.361 e. The maximum atomic E-state index is 10.6. The van der Waals surface area contributed by atoms with Crippen LogP contribution in [0.2, 0.25) is 0 Å². The van der Waals surface area contributed by atoms with Crippen LogP contribution in [0, 0.1) is 0 Å². The number of hydrogen-bond acceptors (Lipinski definition) is 3. The second-order valence-electron chi connectivity index (χ2n) is 4.21. The molecule has 0 saturated carbocycles. The van der Waals surface area contributed by atoms with Crippen LogP contribution in [0.25, 0.3) is 0 Å². The predicted octanol–water partition coefficient (Wildman–Crippen LogP) is 1.62. The summed E-state index contributed by atoms with van der Waals surface area (Å²) in [5, 5.41) is 14.0. The van der Waals surface area contributed by atoms with Gasteiger partial charge in [-0.25, -0.2) is 0 Å². The Hall–Kier alpha value is -0.900. The Balaban J connectivity index is 2.26. The van der Waals surface area contributed by atoms with Crippen LogP contribution < -0.4 is 5.32 Å². The highest BCUT2D eigenvalue weighted by Crippen LogP contribution is 2.30. The molecule has 2 rings (SSSR count). The van der Waals surface area contributed by atoms with Crippen LogP contribution in [0.5, 0.6) is 0 Å². The molecule has 1 heterocycles. The van der Waals surface area contributed by atoms with Crippen LogP contribution >= 0.6 is 0 Å². The first-order valence-corrected chi connectivity index (χ1v) is 5.92. The van der Waals surface area contributed by atoms with E-state index in [0.29, 0.717) is 6.61 Å². The molecule has 0 bridgehead atoms. The van der Waals surface area contributed by atoms with Gasteiger partial charge in [-0.3, -0.25) is 0 Å². The minimum atomic E-state index is -1.17. The van der Waals surface area contributed by atoms with Gasteiger partial charge in [-0.05, 0) is 6.42 Å². The van der Waals surface area contributed by atoms with Crippen molar-refractivity contribution in [3.63, 3.8) is 0 Å². The summed E-state index contributed by atoms with van der Waals surface area (Å²) in [5.41, 5.74) is 0.834. The Labute approximate surface area is 96.4 Å². The van der Waals surface area contributed by atoms with Crippen molar-refractivity contribution in [2.75, 3.05) is 13.2 Å². The molecule has 1 aliphatic rings. The van der Waals surface area contributed by atoms with Gasteiger partial charge >= 0.3 is 0 Å². The van der Waals surface area contributed by atoms with Crippen molar-refractivity contribution >= 4 is 0 Å². The molecule has 1 aromatic carbocycles. The minimum Gasteiger partial charge on any atom is -0.361 e. The molecule has 1 fully saturated rings. The fourth-order valence-corrected chi connectivity index (χ4v) is 2.23. The highest BCUT2D eigenvalue weighted by molar-refractivity contribution is 5.22. The van der Waals surface area contributed by atoms with E-state index in [2.05, 4.69) is 12.2 Å². The molecule has 2 atom stereocenters. The van der Waals surface area contributed by atoms with Gasteiger partial charge in [-0.2, -0.15) is 0 Å². The first-order chi connectivity index (χ1) is 7.77. The second kappa shape index (κ2) is 4.95. The zero-order chi connectivity index (χ0) is 11.4. The Morgan fingerprint density at radius 1 is 1.44 bits per heavy atom. The number of ether oxygens (including phenoxy) is 1. The summed E-state index contributed by atoms with van der Waals surface area (Å²) in [6.45, 7) is 3.47. The average molecular weight is 221 g/mol. The summed E-state index contributed by atoms with van der Waals surface area (Å²) in [5.74, 6) is -1.17. The van der Waals surface area contributed by atoms with E-state index in [1.54, 1.807) is 0 Å². The van der Waals surface area contributed by atoms with Crippen LogP contribution in [0.1, 0.15) is 25.3 Å². The summed E-state index contributed by atoms with van der Waals surface area (Å²) >= 11 is 0. The van der Waals surface area contributed by atoms with Crippen LogP contribution in [0.15, 0.2) is 30.3 Å². The third kappa shape index (κ3) is 2.12. The summed E-state index contributed by atoms with van der Waals surface area (Å²) in [7, 11) is 0. The lowest BCUT2D eigenvalue weighted by molar-refractivity contribution is -0.249. The monoisotopic (exact) mass is 221 g/mol. The molecule has 1 aliphatic heterocycles. The molecule has 0 aliphatic carbocycles. The van der Waals surface area contributed by atoms with Crippen molar-refractivity contribution in [1.82, 2.24) is 5.32 Å². The Morgan fingerprint density at radius 2 is 2.19 bits per heavy atom. The Kier molecular flexibility index (Phi) is 3.59. The standard InChI is InChI=1S/C13H19NO2/c1-2-6-12-13(15,16-10-9-14-12)11-7-4-3-5-8-11/h3-5,7-8,12,14-15H,2,6,9-10H2,1H3/t12-,13-/m1/s1. The third-order valence-electron chi connectivity index (χ3n) is 3.05. The topological polar surface area (TPSA) is 41.5 Å². The maximum absolute atomic E-state index is 10.6. The number of benzene rings is 1. The number of hydrogen-bond donors (Lipinski definition) is 2.